The Morgan fingerprint density at radius 1 is 1.30 bits per heavy atom. The average Bonchev–Trinajstić information content (AvgIpc) is 2.79. The van der Waals surface area contributed by atoms with Crippen molar-refractivity contribution < 1.29 is 14.5 Å². The first-order valence-corrected chi connectivity index (χ1v) is 11.5. The van der Waals surface area contributed by atoms with Crippen LogP contribution in [0.2, 0.25) is 0 Å². The predicted octanol–water partition coefficient (Wildman–Crippen LogP) is 3.57. The van der Waals surface area contributed by atoms with E-state index in [4.69, 9.17) is 0 Å². The molecule has 0 fully saturated rings. The first-order valence-electron chi connectivity index (χ1n) is 10.5. The van der Waals surface area contributed by atoms with Crippen LogP contribution in [-0.2, 0) is 17.6 Å². The van der Waals surface area contributed by atoms with Crippen molar-refractivity contribution in [3.63, 3.8) is 0 Å². The zero-order chi connectivity index (χ0) is 24.2. The summed E-state index contributed by atoms with van der Waals surface area (Å²) in [6.07, 6.45) is 2.75. The highest BCUT2D eigenvalue weighted by Gasteiger charge is 2.30. The van der Waals surface area contributed by atoms with Crippen molar-refractivity contribution in [3.8, 4) is 6.07 Å². The van der Waals surface area contributed by atoms with E-state index in [0.29, 0.717) is 16.5 Å². The van der Waals surface area contributed by atoms with Gasteiger partial charge >= 0.3 is 0 Å². The number of nitro groups is 1. The van der Waals surface area contributed by atoms with Crippen LogP contribution >= 0.6 is 11.8 Å². The van der Waals surface area contributed by atoms with Crippen molar-refractivity contribution in [1.29, 1.82) is 5.26 Å². The molecule has 0 aliphatic heterocycles. The molecule has 2 N–H and O–H groups in total. The molecule has 33 heavy (non-hydrogen) atoms. The number of hydrogen-bond acceptors (Lipinski definition) is 7. The van der Waals surface area contributed by atoms with Crippen molar-refractivity contribution in [2.24, 2.45) is 11.3 Å². The lowest BCUT2D eigenvalue weighted by atomic mass is 9.71. The number of amides is 2. The van der Waals surface area contributed by atoms with Gasteiger partial charge in [-0.3, -0.25) is 30.6 Å². The highest BCUT2D eigenvalue weighted by atomic mass is 32.2. The second kappa shape index (κ2) is 10.0. The van der Waals surface area contributed by atoms with Crippen molar-refractivity contribution in [2.75, 3.05) is 5.75 Å². The predicted molar refractivity (Wildman–Crippen MR) is 123 cm³/mol. The summed E-state index contributed by atoms with van der Waals surface area (Å²) in [6.45, 7) is 6.67. The Bertz CT molecular complexity index is 1140. The van der Waals surface area contributed by atoms with Crippen LogP contribution in [0.15, 0.2) is 35.4 Å². The van der Waals surface area contributed by atoms with Crippen molar-refractivity contribution >= 4 is 29.3 Å². The second-order valence-corrected chi connectivity index (χ2v) is 9.93. The van der Waals surface area contributed by atoms with Gasteiger partial charge in [0.05, 0.1) is 16.2 Å². The minimum absolute atomic E-state index is 0.0498. The fraction of sp³-hybridized carbons (Fsp3) is 0.391. The SMILES string of the molecule is CC(C)(C)[C@H]1CCc2nc(SCC(=O)NNC(=O)c3cccc([N+](=O)[O-])c3)c(C#N)cc2C1. The summed E-state index contributed by atoms with van der Waals surface area (Å²) in [5, 5.41) is 20.9. The minimum Gasteiger partial charge on any atom is -0.272 e. The highest BCUT2D eigenvalue weighted by Crippen LogP contribution is 2.38. The van der Waals surface area contributed by atoms with Gasteiger partial charge in [-0.05, 0) is 48.3 Å². The first kappa shape index (κ1) is 24.2. The normalized spacial score (nSPS) is 15.2. The first-order chi connectivity index (χ1) is 15.6. The third kappa shape index (κ3) is 6.08. The average molecular weight is 468 g/mol. The van der Waals surface area contributed by atoms with Gasteiger partial charge in [0.2, 0.25) is 5.91 Å². The van der Waals surface area contributed by atoms with E-state index in [-0.39, 0.29) is 22.4 Å². The Labute approximate surface area is 196 Å². The number of fused-ring (bicyclic) bond motifs is 1. The number of nitriles is 1. The van der Waals surface area contributed by atoms with Gasteiger partial charge in [0.1, 0.15) is 11.1 Å². The molecular weight excluding hydrogens is 442 g/mol. The molecule has 2 aromatic rings. The number of carbonyl (C=O) groups is 2. The fourth-order valence-corrected chi connectivity index (χ4v) is 4.48. The molecule has 9 nitrogen and oxygen atoms in total. The monoisotopic (exact) mass is 467 g/mol. The number of nitrogens with zero attached hydrogens (tertiary/aromatic N) is 3. The van der Waals surface area contributed by atoms with E-state index in [0.717, 1.165) is 48.3 Å². The highest BCUT2D eigenvalue weighted by molar-refractivity contribution is 8.00. The van der Waals surface area contributed by atoms with Gasteiger partial charge in [-0.15, -0.1) is 0 Å². The molecular formula is C23H25N5O4S. The molecule has 3 rings (SSSR count). The molecule has 0 radical (unpaired) electrons. The molecule has 1 heterocycles. The Hall–Kier alpha value is -3.45. The molecule has 2 amide bonds. The number of aryl methyl sites for hydroxylation is 1. The van der Waals surface area contributed by atoms with Gasteiger partial charge in [0, 0.05) is 23.4 Å². The molecule has 1 aliphatic carbocycles. The Balaban J connectivity index is 1.59. The van der Waals surface area contributed by atoms with Crippen LogP contribution in [0, 0.1) is 32.8 Å². The number of non-ortho nitro benzene ring substituents is 1. The van der Waals surface area contributed by atoms with Gasteiger partial charge in [-0.2, -0.15) is 5.26 Å². The van der Waals surface area contributed by atoms with Gasteiger partial charge in [0.15, 0.2) is 0 Å². The number of nitrogens with one attached hydrogen (secondary N) is 2. The number of pyridine rings is 1. The van der Waals surface area contributed by atoms with Crippen LogP contribution in [0.4, 0.5) is 5.69 Å². The Morgan fingerprint density at radius 3 is 2.73 bits per heavy atom. The number of thioether (sulfide) groups is 1. The number of nitro benzene ring substituents is 1. The standard InChI is InChI=1S/C23H25N5O4S/c1-23(2,3)17-7-8-19-15(10-17)9-16(12-24)22(25-19)33-13-20(29)26-27-21(30)14-5-4-6-18(11-14)28(31)32/h4-6,9,11,17H,7-8,10,13H2,1-3H3,(H,26,29)(H,27,30)/t17-/m0/s1. The smallest absolute Gasteiger partial charge is 0.270 e. The van der Waals surface area contributed by atoms with E-state index < -0.39 is 16.7 Å². The molecule has 1 aliphatic rings. The maximum Gasteiger partial charge on any atom is 0.270 e. The zero-order valence-electron chi connectivity index (χ0n) is 18.7. The molecule has 1 aromatic carbocycles. The summed E-state index contributed by atoms with van der Waals surface area (Å²) in [5.41, 5.74) is 7.03. The molecule has 1 atom stereocenters. The largest absolute Gasteiger partial charge is 0.272 e. The van der Waals surface area contributed by atoms with Crippen molar-refractivity contribution in [1.82, 2.24) is 15.8 Å². The second-order valence-electron chi connectivity index (χ2n) is 8.96. The van der Waals surface area contributed by atoms with Crippen LogP contribution in [0.25, 0.3) is 0 Å². The van der Waals surface area contributed by atoms with Gasteiger partial charge < -0.3 is 0 Å². The van der Waals surface area contributed by atoms with Crippen LogP contribution in [0.3, 0.4) is 0 Å². The van der Waals surface area contributed by atoms with Crippen LogP contribution < -0.4 is 10.9 Å². The van der Waals surface area contributed by atoms with Crippen molar-refractivity contribution in [2.45, 2.75) is 45.1 Å². The molecule has 0 spiro atoms. The van der Waals surface area contributed by atoms with E-state index in [1.54, 1.807) is 0 Å². The lowest BCUT2D eigenvalue weighted by Crippen LogP contribution is -2.42. The number of rotatable bonds is 5. The summed E-state index contributed by atoms with van der Waals surface area (Å²) >= 11 is 1.13. The minimum atomic E-state index is -0.671. The summed E-state index contributed by atoms with van der Waals surface area (Å²) in [4.78, 5) is 39.2. The zero-order valence-corrected chi connectivity index (χ0v) is 19.5. The maximum absolute atomic E-state index is 12.2. The topological polar surface area (TPSA) is 138 Å². The third-order valence-electron chi connectivity index (χ3n) is 5.67. The number of hydrogen-bond donors (Lipinski definition) is 2. The van der Waals surface area contributed by atoms with E-state index in [2.05, 4.69) is 42.7 Å². The van der Waals surface area contributed by atoms with Crippen LogP contribution in [-0.4, -0.2) is 27.5 Å². The molecule has 0 unspecified atom stereocenters. The quantitative estimate of drug-likeness (QED) is 0.389. The Morgan fingerprint density at radius 2 is 2.06 bits per heavy atom. The van der Waals surface area contributed by atoms with E-state index in [1.165, 1.54) is 18.2 Å². The molecule has 0 bridgehead atoms. The van der Waals surface area contributed by atoms with Crippen LogP contribution in [0.5, 0.6) is 0 Å². The van der Waals surface area contributed by atoms with Gasteiger partial charge in [-0.1, -0.05) is 38.6 Å². The number of benzene rings is 1. The van der Waals surface area contributed by atoms with E-state index in [1.807, 2.05) is 6.07 Å². The molecule has 172 valence electrons. The van der Waals surface area contributed by atoms with Crippen molar-refractivity contribution in [3.05, 3.63) is 62.8 Å². The Kier molecular flexibility index (Phi) is 7.33. The lowest BCUT2D eigenvalue weighted by molar-refractivity contribution is -0.384. The van der Waals surface area contributed by atoms with Crippen LogP contribution in [0.1, 0.15) is 54.4 Å². The number of hydrazine groups is 1. The maximum atomic E-state index is 12.2. The summed E-state index contributed by atoms with van der Waals surface area (Å²) in [5.74, 6) is -0.692. The van der Waals surface area contributed by atoms with Gasteiger partial charge in [0.25, 0.3) is 11.6 Å². The number of aromatic nitrogens is 1. The molecule has 1 aromatic heterocycles. The van der Waals surface area contributed by atoms with Gasteiger partial charge in [-0.25, -0.2) is 4.98 Å². The number of carbonyl (C=O) groups excluding carboxylic acids is 2. The fourth-order valence-electron chi connectivity index (χ4n) is 3.70. The third-order valence-corrected chi connectivity index (χ3v) is 6.66. The molecule has 0 saturated carbocycles. The summed E-state index contributed by atoms with van der Waals surface area (Å²) < 4.78 is 0. The molecule has 0 saturated heterocycles. The van der Waals surface area contributed by atoms with E-state index >= 15 is 0 Å². The molecule has 10 heteroatoms. The van der Waals surface area contributed by atoms with E-state index in [9.17, 15) is 25.0 Å². The summed E-state index contributed by atoms with van der Waals surface area (Å²) in [6, 6.07) is 9.24. The lowest BCUT2D eigenvalue weighted by Gasteiger charge is -2.34. The summed E-state index contributed by atoms with van der Waals surface area (Å²) in [7, 11) is 0.